The smallest absolute Gasteiger partial charge is 0.237 e. The van der Waals surface area contributed by atoms with Gasteiger partial charge in [0.15, 0.2) is 11.6 Å². The first-order valence-corrected chi connectivity index (χ1v) is 6.92. The molecule has 0 radical (unpaired) electrons. The maximum atomic E-state index is 12.3. The van der Waals surface area contributed by atoms with Gasteiger partial charge in [0.25, 0.3) is 0 Å². The summed E-state index contributed by atoms with van der Waals surface area (Å²) in [5.41, 5.74) is 0.930. The fourth-order valence-electron chi connectivity index (χ4n) is 2.44. The minimum absolute atomic E-state index is 0.0101. The molecule has 2 atom stereocenters. The topological polar surface area (TPSA) is 56.0 Å². The van der Waals surface area contributed by atoms with Crippen LogP contribution in [0.3, 0.4) is 0 Å². The number of hydrogen-bond acceptors (Lipinski definition) is 4. The Labute approximate surface area is 118 Å². The van der Waals surface area contributed by atoms with Crippen LogP contribution in [0.25, 0.3) is 0 Å². The molecule has 1 fully saturated rings. The van der Waals surface area contributed by atoms with Crippen LogP contribution in [0.4, 0.5) is 0 Å². The molecule has 1 heterocycles. The lowest BCUT2D eigenvalue weighted by molar-refractivity contribution is 0.0951. The first-order chi connectivity index (χ1) is 9.49. The summed E-state index contributed by atoms with van der Waals surface area (Å²) in [6.45, 7) is 6.18. The van der Waals surface area contributed by atoms with E-state index in [9.17, 15) is 4.79 Å². The van der Waals surface area contributed by atoms with Crippen LogP contribution in [0.5, 0.6) is 0 Å². The number of rotatable bonds is 4. The van der Waals surface area contributed by atoms with E-state index in [1.807, 2.05) is 25.1 Å². The van der Waals surface area contributed by atoms with Gasteiger partial charge in [-0.2, -0.15) is 4.98 Å². The lowest BCUT2D eigenvalue weighted by atomic mass is 9.99. The molecule has 1 aromatic heterocycles. The highest BCUT2D eigenvalue weighted by atomic mass is 16.5. The number of aromatic nitrogens is 2. The largest absolute Gasteiger partial charge is 0.339 e. The molecule has 1 aromatic carbocycles. The molecule has 0 bridgehead atoms. The number of benzene rings is 1. The number of hydrogen-bond donors (Lipinski definition) is 0. The third kappa shape index (κ3) is 2.26. The van der Waals surface area contributed by atoms with E-state index in [-0.39, 0.29) is 11.2 Å². The van der Waals surface area contributed by atoms with Crippen LogP contribution < -0.4 is 0 Å². The fourth-order valence-corrected chi connectivity index (χ4v) is 2.44. The molecule has 0 spiro atoms. The number of carbonyl (C=O) groups is 1. The van der Waals surface area contributed by atoms with Crippen LogP contribution in [-0.2, 0) is 0 Å². The predicted molar refractivity (Wildman–Crippen MR) is 74.6 cm³/mol. The number of Topliss-reactive ketones (excluding diaryl/α,β-unsaturated/α-hetero) is 1. The van der Waals surface area contributed by atoms with Gasteiger partial charge in [-0.25, -0.2) is 0 Å². The molecule has 0 aliphatic heterocycles. The lowest BCUT2D eigenvalue weighted by Crippen LogP contribution is -2.10. The van der Waals surface area contributed by atoms with Crippen molar-refractivity contribution in [1.82, 2.24) is 10.1 Å². The van der Waals surface area contributed by atoms with E-state index in [4.69, 9.17) is 4.52 Å². The summed E-state index contributed by atoms with van der Waals surface area (Å²) >= 11 is 0. The minimum Gasteiger partial charge on any atom is -0.339 e. The van der Waals surface area contributed by atoms with Crippen molar-refractivity contribution < 1.29 is 9.32 Å². The summed E-state index contributed by atoms with van der Waals surface area (Å²) in [6, 6.07) is 9.21. The van der Waals surface area contributed by atoms with Gasteiger partial charge in [-0.3, -0.25) is 4.79 Å². The van der Waals surface area contributed by atoms with E-state index in [0.29, 0.717) is 17.4 Å². The van der Waals surface area contributed by atoms with E-state index >= 15 is 0 Å². The highest BCUT2D eigenvalue weighted by Gasteiger charge is 2.49. The van der Waals surface area contributed by atoms with Crippen molar-refractivity contribution in [3.8, 4) is 0 Å². The van der Waals surface area contributed by atoms with Gasteiger partial charge in [0.05, 0.1) is 5.92 Å². The van der Waals surface area contributed by atoms with E-state index < -0.39 is 5.92 Å². The van der Waals surface area contributed by atoms with Crippen LogP contribution in [0.2, 0.25) is 0 Å². The quantitative estimate of drug-likeness (QED) is 0.797. The average molecular weight is 270 g/mol. The molecule has 2 aromatic rings. The highest BCUT2D eigenvalue weighted by molar-refractivity contribution is 6.00. The van der Waals surface area contributed by atoms with E-state index in [1.54, 1.807) is 12.1 Å². The molecule has 20 heavy (non-hydrogen) atoms. The molecule has 0 saturated heterocycles. The second kappa shape index (κ2) is 4.54. The minimum atomic E-state index is -0.402. The van der Waals surface area contributed by atoms with Gasteiger partial charge in [-0.1, -0.05) is 49.3 Å². The average Bonchev–Trinajstić information content (AvgIpc) is 2.90. The van der Waals surface area contributed by atoms with Gasteiger partial charge in [0.2, 0.25) is 5.89 Å². The zero-order chi connectivity index (χ0) is 14.3. The summed E-state index contributed by atoms with van der Waals surface area (Å²) in [7, 11) is 0. The molecule has 1 aliphatic rings. The van der Waals surface area contributed by atoms with Gasteiger partial charge in [0.1, 0.15) is 0 Å². The first-order valence-electron chi connectivity index (χ1n) is 6.92. The van der Waals surface area contributed by atoms with Crippen molar-refractivity contribution in [2.75, 3.05) is 0 Å². The second-order valence-corrected chi connectivity index (χ2v) is 6.19. The zero-order valence-electron chi connectivity index (χ0n) is 12.0. The molecule has 1 aliphatic carbocycles. The van der Waals surface area contributed by atoms with Crippen LogP contribution in [0, 0.1) is 5.41 Å². The molecular weight excluding hydrogens is 252 g/mol. The predicted octanol–water partition coefficient (Wildman–Crippen LogP) is 3.57. The standard InChI is InChI=1S/C16H18N2O2/c1-10(13(19)11-7-5-4-6-8-11)15-17-14(18-20-15)12-9-16(12,2)3/h4-8,10,12H,9H2,1-3H3. The number of ketones is 1. The highest BCUT2D eigenvalue weighted by Crippen LogP contribution is 2.57. The molecule has 4 heteroatoms. The van der Waals surface area contributed by atoms with Gasteiger partial charge < -0.3 is 4.52 Å². The first kappa shape index (κ1) is 13.0. The summed E-state index contributed by atoms with van der Waals surface area (Å²) < 4.78 is 5.28. The Morgan fingerprint density at radius 1 is 1.35 bits per heavy atom. The van der Waals surface area contributed by atoms with Crippen LogP contribution in [0.15, 0.2) is 34.9 Å². The molecule has 3 rings (SSSR count). The molecular formula is C16H18N2O2. The molecule has 0 amide bonds. The Balaban J connectivity index is 1.78. The summed E-state index contributed by atoms with van der Waals surface area (Å²) in [5, 5.41) is 4.03. The third-order valence-corrected chi connectivity index (χ3v) is 4.10. The maximum Gasteiger partial charge on any atom is 0.237 e. The third-order valence-electron chi connectivity index (χ3n) is 4.10. The Morgan fingerprint density at radius 2 is 2.00 bits per heavy atom. The molecule has 104 valence electrons. The van der Waals surface area contributed by atoms with E-state index in [1.165, 1.54) is 0 Å². The Bertz CT molecular complexity index is 631. The monoisotopic (exact) mass is 270 g/mol. The molecule has 4 nitrogen and oxygen atoms in total. The Kier molecular flexibility index (Phi) is 2.96. The summed E-state index contributed by atoms with van der Waals surface area (Å²) in [6.07, 6.45) is 1.08. The van der Waals surface area contributed by atoms with Crippen molar-refractivity contribution in [3.63, 3.8) is 0 Å². The zero-order valence-corrected chi connectivity index (χ0v) is 12.0. The SMILES string of the molecule is CC(C(=O)c1ccccc1)c1nc(C2CC2(C)C)no1. The molecule has 2 unspecified atom stereocenters. The van der Waals surface area contributed by atoms with Gasteiger partial charge in [0, 0.05) is 11.5 Å². The van der Waals surface area contributed by atoms with Crippen molar-refractivity contribution in [1.29, 1.82) is 0 Å². The summed E-state index contributed by atoms with van der Waals surface area (Å²) in [4.78, 5) is 16.8. The molecule has 1 saturated carbocycles. The van der Waals surface area contributed by atoms with Crippen LogP contribution in [-0.4, -0.2) is 15.9 Å². The van der Waals surface area contributed by atoms with E-state index in [0.717, 1.165) is 12.2 Å². The van der Waals surface area contributed by atoms with Crippen LogP contribution in [0.1, 0.15) is 61.1 Å². The normalized spacial score (nSPS) is 21.4. The van der Waals surface area contributed by atoms with E-state index in [2.05, 4.69) is 24.0 Å². The Morgan fingerprint density at radius 3 is 2.60 bits per heavy atom. The summed E-state index contributed by atoms with van der Waals surface area (Å²) in [5.74, 6) is 1.12. The van der Waals surface area contributed by atoms with Gasteiger partial charge in [-0.05, 0) is 18.8 Å². The van der Waals surface area contributed by atoms with Crippen LogP contribution >= 0.6 is 0 Å². The lowest BCUT2D eigenvalue weighted by Gasteiger charge is -2.05. The maximum absolute atomic E-state index is 12.3. The van der Waals surface area contributed by atoms with Gasteiger partial charge >= 0.3 is 0 Å². The van der Waals surface area contributed by atoms with Crippen molar-refractivity contribution in [3.05, 3.63) is 47.6 Å². The number of nitrogens with zero attached hydrogens (tertiary/aromatic N) is 2. The van der Waals surface area contributed by atoms with Crippen molar-refractivity contribution in [2.45, 2.75) is 39.0 Å². The second-order valence-electron chi connectivity index (χ2n) is 6.19. The van der Waals surface area contributed by atoms with Gasteiger partial charge in [-0.15, -0.1) is 0 Å². The fraction of sp³-hybridized carbons (Fsp3) is 0.438. The van der Waals surface area contributed by atoms with Crippen molar-refractivity contribution in [2.24, 2.45) is 5.41 Å². The van der Waals surface area contributed by atoms with Crippen molar-refractivity contribution >= 4 is 5.78 Å². The Hall–Kier alpha value is -1.97. The molecule has 0 N–H and O–H groups in total. The number of carbonyl (C=O) groups excluding carboxylic acids is 1.